The lowest BCUT2D eigenvalue weighted by atomic mass is 10.1. The predicted octanol–water partition coefficient (Wildman–Crippen LogP) is -0.484. The molecule has 0 amide bonds. The lowest BCUT2D eigenvalue weighted by Gasteiger charge is -2.11. The average molecular weight is 333 g/mol. The van der Waals surface area contributed by atoms with Crippen molar-refractivity contribution in [3.05, 3.63) is 59.9 Å². The number of benzene rings is 2. The highest BCUT2D eigenvalue weighted by molar-refractivity contribution is 5.88. The standard InChI is InChI=1S/C18H20N2O2.ClH/c1-13-10-14(2)20(19-13)11-16(21)12-22-18-9-5-7-15-6-3-4-8-17(15)18;/h3-10,16,21H,11-12H2,1-2H3;1H. The van der Waals surface area contributed by atoms with Crippen LogP contribution in [0, 0.1) is 13.8 Å². The minimum atomic E-state index is -0.569. The Balaban J connectivity index is 0.00000192. The molecule has 0 fully saturated rings. The second-order valence-corrected chi connectivity index (χ2v) is 5.63. The highest BCUT2D eigenvalue weighted by atomic mass is 35.5. The van der Waals surface area contributed by atoms with Crippen LogP contribution in [-0.2, 0) is 6.54 Å². The van der Waals surface area contributed by atoms with E-state index in [9.17, 15) is 5.11 Å². The zero-order chi connectivity index (χ0) is 15.5. The van der Waals surface area contributed by atoms with Gasteiger partial charge in [-0.2, -0.15) is 5.10 Å². The molecule has 1 atom stereocenters. The Morgan fingerprint density at radius 1 is 1.13 bits per heavy atom. The fourth-order valence-electron chi connectivity index (χ4n) is 2.69. The Kier molecular flexibility index (Phi) is 5.64. The molecule has 0 saturated carbocycles. The van der Waals surface area contributed by atoms with E-state index >= 15 is 0 Å². The zero-order valence-electron chi connectivity index (χ0n) is 13.3. The van der Waals surface area contributed by atoms with Gasteiger partial charge in [-0.1, -0.05) is 36.4 Å². The topological polar surface area (TPSA) is 49.1 Å². The van der Waals surface area contributed by atoms with E-state index in [4.69, 9.17) is 4.74 Å². The van der Waals surface area contributed by atoms with Gasteiger partial charge in [-0.3, -0.25) is 0 Å². The normalized spacial score (nSPS) is 12.0. The van der Waals surface area contributed by atoms with Crippen LogP contribution in [0.3, 0.4) is 0 Å². The van der Waals surface area contributed by atoms with Crippen molar-refractivity contribution in [2.24, 2.45) is 0 Å². The van der Waals surface area contributed by atoms with Crippen molar-refractivity contribution in [3.63, 3.8) is 0 Å². The summed E-state index contributed by atoms with van der Waals surface area (Å²) in [6, 6.07) is 16.1. The van der Waals surface area contributed by atoms with Crippen LogP contribution in [0.5, 0.6) is 5.75 Å². The number of aromatic nitrogens is 2. The van der Waals surface area contributed by atoms with Crippen molar-refractivity contribution >= 4 is 10.8 Å². The Morgan fingerprint density at radius 2 is 1.87 bits per heavy atom. The van der Waals surface area contributed by atoms with Crippen molar-refractivity contribution in [2.75, 3.05) is 6.61 Å². The molecular formula is C18H21ClN2O2. The maximum absolute atomic E-state index is 10.2. The minimum absolute atomic E-state index is 0. The second-order valence-electron chi connectivity index (χ2n) is 5.63. The van der Waals surface area contributed by atoms with E-state index in [1.807, 2.05) is 48.9 Å². The summed E-state index contributed by atoms with van der Waals surface area (Å²) in [7, 11) is 0. The first-order valence-corrected chi connectivity index (χ1v) is 7.48. The lowest BCUT2D eigenvalue weighted by molar-refractivity contribution is -0.761. The largest absolute Gasteiger partial charge is 1.00 e. The average Bonchev–Trinajstić information content (AvgIpc) is 2.82. The molecule has 0 spiro atoms. The number of nitrogens with one attached hydrogen (secondary N) is 1. The number of rotatable bonds is 5. The van der Waals surface area contributed by atoms with Gasteiger partial charge < -0.3 is 22.3 Å². The predicted molar refractivity (Wildman–Crippen MR) is 85.9 cm³/mol. The molecule has 1 aromatic heterocycles. The van der Waals surface area contributed by atoms with Gasteiger partial charge in [0.1, 0.15) is 18.5 Å². The zero-order valence-corrected chi connectivity index (χ0v) is 14.0. The number of halogens is 1. The van der Waals surface area contributed by atoms with E-state index in [0.717, 1.165) is 27.9 Å². The molecule has 0 aliphatic rings. The van der Waals surface area contributed by atoms with E-state index in [1.165, 1.54) is 0 Å². The van der Waals surface area contributed by atoms with Gasteiger partial charge in [0.15, 0.2) is 0 Å². The third-order valence-corrected chi connectivity index (χ3v) is 3.74. The van der Waals surface area contributed by atoms with Crippen LogP contribution in [0.4, 0.5) is 0 Å². The summed E-state index contributed by atoms with van der Waals surface area (Å²) in [6.07, 6.45) is -0.569. The van der Waals surface area contributed by atoms with Gasteiger partial charge in [-0.25, -0.2) is 0 Å². The number of hydrogen-bond acceptors (Lipinski definition) is 2. The molecule has 5 heteroatoms. The molecule has 1 unspecified atom stereocenters. The molecule has 0 bridgehead atoms. The quantitative estimate of drug-likeness (QED) is 0.620. The molecule has 2 N–H and O–H groups in total. The summed E-state index contributed by atoms with van der Waals surface area (Å²) >= 11 is 0. The first-order valence-electron chi connectivity index (χ1n) is 7.48. The molecule has 0 aliphatic heterocycles. The van der Waals surface area contributed by atoms with Gasteiger partial charge >= 0.3 is 0 Å². The van der Waals surface area contributed by atoms with Gasteiger partial charge in [-0.15, -0.1) is 4.68 Å². The van der Waals surface area contributed by atoms with Crippen LogP contribution in [0.15, 0.2) is 48.5 Å². The maximum Gasteiger partial charge on any atom is 0.205 e. The van der Waals surface area contributed by atoms with Crippen molar-refractivity contribution in [1.29, 1.82) is 0 Å². The molecule has 0 radical (unpaired) electrons. The summed E-state index contributed by atoms with van der Waals surface area (Å²) in [5.41, 5.74) is 2.18. The van der Waals surface area contributed by atoms with E-state index in [1.54, 1.807) is 0 Å². The number of ether oxygens (including phenoxy) is 1. The third-order valence-electron chi connectivity index (χ3n) is 3.74. The van der Waals surface area contributed by atoms with E-state index < -0.39 is 6.10 Å². The SMILES string of the molecule is Cc1cc(C)[n+](CC(O)COc2cccc3ccccc23)[nH]1.[Cl-]. The summed E-state index contributed by atoms with van der Waals surface area (Å²) < 4.78 is 7.76. The highest BCUT2D eigenvalue weighted by Gasteiger charge is 2.17. The van der Waals surface area contributed by atoms with Crippen molar-refractivity contribution in [1.82, 2.24) is 5.10 Å². The molecule has 4 nitrogen and oxygen atoms in total. The molecular weight excluding hydrogens is 312 g/mol. The molecule has 0 aliphatic carbocycles. The monoisotopic (exact) mass is 332 g/mol. The fraction of sp³-hybridized carbons (Fsp3) is 0.278. The first kappa shape index (κ1) is 17.3. The van der Waals surface area contributed by atoms with Gasteiger partial charge in [0.2, 0.25) is 12.2 Å². The number of aryl methyl sites for hydroxylation is 2. The number of H-pyrrole nitrogens is 1. The number of hydrogen-bond donors (Lipinski definition) is 2. The molecule has 2 aromatic carbocycles. The van der Waals surface area contributed by atoms with Gasteiger partial charge in [0.05, 0.1) is 5.69 Å². The third kappa shape index (κ3) is 4.03. The Hall–Kier alpha value is -2.04. The van der Waals surface area contributed by atoms with Gasteiger partial charge in [0.25, 0.3) is 0 Å². The van der Waals surface area contributed by atoms with Crippen LogP contribution in [0.2, 0.25) is 0 Å². The molecule has 122 valence electrons. The van der Waals surface area contributed by atoms with E-state index in [0.29, 0.717) is 6.54 Å². The minimum Gasteiger partial charge on any atom is -1.00 e. The molecule has 3 aromatic rings. The van der Waals surface area contributed by atoms with Crippen LogP contribution >= 0.6 is 0 Å². The number of aliphatic hydroxyl groups excluding tert-OH is 1. The summed E-state index contributed by atoms with van der Waals surface area (Å²) in [5.74, 6) is 0.807. The van der Waals surface area contributed by atoms with Crippen LogP contribution in [-0.4, -0.2) is 22.9 Å². The van der Waals surface area contributed by atoms with E-state index in [2.05, 4.69) is 23.3 Å². The van der Waals surface area contributed by atoms with Crippen molar-refractivity contribution in [3.8, 4) is 5.75 Å². The van der Waals surface area contributed by atoms with Gasteiger partial charge in [-0.05, 0) is 18.4 Å². The number of aliphatic hydroxyl groups is 1. The van der Waals surface area contributed by atoms with E-state index in [-0.39, 0.29) is 19.0 Å². The molecule has 23 heavy (non-hydrogen) atoms. The van der Waals surface area contributed by atoms with Crippen LogP contribution in [0.25, 0.3) is 10.8 Å². The summed E-state index contributed by atoms with van der Waals surface area (Å²) in [4.78, 5) is 0. The Morgan fingerprint density at radius 3 is 2.61 bits per heavy atom. The lowest BCUT2D eigenvalue weighted by Crippen LogP contribution is -3.00. The van der Waals surface area contributed by atoms with Crippen LogP contribution in [0.1, 0.15) is 11.4 Å². The number of nitrogens with zero attached hydrogens (tertiary/aromatic N) is 1. The molecule has 3 rings (SSSR count). The Labute approximate surface area is 142 Å². The molecule has 1 heterocycles. The van der Waals surface area contributed by atoms with Gasteiger partial charge in [0, 0.05) is 18.4 Å². The van der Waals surface area contributed by atoms with Crippen molar-refractivity contribution in [2.45, 2.75) is 26.5 Å². The fourth-order valence-corrected chi connectivity index (χ4v) is 2.69. The highest BCUT2D eigenvalue weighted by Crippen LogP contribution is 2.25. The number of fused-ring (bicyclic) bond motifs is 1. The summed E-state index contributed by atoms with van der Waals surface area (Å²) in [5, 5.41) is 15.6. The van der Waals surface area contributed by atoms with Crippen LogP contribution < -0.4 is 21.8 Å². The van der Waals surface area contributed by atoms with Crippen molar-refractivity contribution < 1.29 is 26.9 Å². The second kappa shape index (κ2) is 7.49. The molecule has 0 saturated heterocycles. The smallest absolute Gasteiger partial charge is 0.205 e. The Bertz CT molecular complexity index is 780. The summed E-state index contributed by atoms with van der Waals surface area (Å²) in [6.45, 7) is 4.77. The number of aromatic amines is 1. The first-order chi connectivity index (χ1) is 10.6. The maximum atomic E-state index is 10.2.